The lowest BCUT2D eigenvalue weighted by Crippen LogP contribution is -2.33. The van der Waals surface area contributed by atoms with Crippen molar-refractivity contribution in [2.24, 2.45) is 0 Å². The third-order valence-electron chi connectivity index (χ3n) is 6.41. The Morgan fingerprint density at radius 3 is 2.22 bits per heavy atom. The van der Waals surface area contributed by atoms with E-state index in [1.54, 1.807) is 24.3 Å². The summed E-state index contributed by atoms with van der Waals surface area (Å²) in [4.78, 5) is 43.5. The Hall–Kier alpha value is -4.36. The van der Waals surface area contributed by atoms with E-state index < -0.39 is 6.04 Å². The van der Waals surface area contributed by atoms with Crippen molar-refractivity contribution in [1.29, 1.82) is 0 Å². The smallest absolute Gasteiger partial charge is 0.263 e. The first kappa shape index (κ1) is 24.3. The largest absolute Gasteiger partial charge is 0.324 e. The van der Waals surface area contributed by atoms with Crippen LogP contribution in [0.4, 0.5) is 5.69 Å². The lowest BCUT2D eigenvalue weighted by Gasteiger charge is -2.18. The molecule has 5 rings (SSSR count). The zero-order valence-corrected chi connectivity index (χ0v) is 21.3. The number of carbonyl (C=O) groups excluding carboxylic acids is 2. The number of benzene rings is 3. The average molecular weight is 508 g/mol. The minimum Gasteiger partial charge on any atom is -0.324 e. The zero-order valence-electron chi connectivity index (χ0n) is 20.5. The highest BCUT2D eigenvalue weighted by molar-refractivity contribution is 7.17. The minimum absolute atomic E-state index is 0.0449. The molecule has 0 radical (unpaired) electrons. The van der Waals surface area contributed by atoms with E-state index in [1.165, 1.54) is 29.2 Å². The van der Waals surface area contributed by atoms with Gasteiger partial charge in [-0.1, -0.05) is 61.5 Å². The predicted octanol–water partition coefficient (Wildman–Crippen LogP) is 6.58. The number of fused-ring (bicyclic) bond motifs is 1. The first-order valence-electron chi connectivity index (χ1n) is 12.0. The molecule has 3 aromatic carbocycles. The summed E-state index contributed by atoms with van der Waals surface area (Å²) in [7, 11) is 0. The van der Waals surface area contributed by atoms with Gasteiger partial charge in [-0.3, -0.25) is 19.0 Å². The van der Waals surface area contributed by atoms with Crippen molar-refractivity contribution in [1.82, 2.24) is 9.55 Å². The van der Waals surface area contributed by atoms with Crippen molar-refractivity contribution in [3.63, 3.8) is 0 Å². The summed E-state index contributed by atoms with van der Waals surface area (Å²) in [6.07, 6.45) is 1.87. The number of thiophene rings is 1. The molecule has 1 unspecified atom stereocenters. The van der Waals surface area contributed by atoms with Gasteiger partial charge in [0.1, 0.15) is 10.9 Å². The topological polar surface area (TPSA) is 81.1 Å². The number of carbonyl (C=O) groups is 2. The van der Waals surface area contributed by atoms with Crippen molar-refractivity contribution in [2.75, 3.05) is 5.32 Å². The van der Waals surface area contributed by atoms with Gasteiger partial charge in [0.25, 0.3) is 5.56 Å². The molecule has 0 aliphatic heterocycles. The van der Waals surface area contributed by atoms with Gasteiger partial charge >= 0.3 is 0 Å². The molecule has 0 saturated heterocycles. The van der Waals surface area contributed by atoms with E-state index in [0.29, 0.717) is 27.9 Å². The van der Waals surface area contributed by atoms with Crippen molar-refractivity contribution in [3.8, 4) is 22.3 Å². The van der Waals surface area contributed by atoms with Crippen LogP contribution in [-0.2, 0) is 4.79 Å². The Morgan fingerprint density at radius 1 is 0.919 bits per heavy atom. The first-order valence-corrected chi connectivity index (χ1v) is 12.9. The van der Waals surface area contributed by atoms with Gasteiger partial charge in [0.05, 0.1) is 11.7 Å². The van der Waals surface area contributed by atoms with Crippen LogP contribution in [0.25, 0.3) is 32.5 Å². The average Bonchev–Trinajstić information content (AvgIpc) is 3.36. The number of ketones is 1. The van der Waals surface area contributed by atoms with Gasteiger partial charge in [-0.2, -0.15) is 0 Å². The SMILES string of the molecule is CCC(C(=O)Nc1ccc(C(C)=O)cc1)n1cnc2scc(-c3ccc(-c4ccccc4)cc3)c2c1=O. The molecule has 5 aromatic rings. The third-order valence-corrected chi connectivity index (χ3v) is 7.29. The number of amides is 1. The molecule has 2 heterocycles. The Bertz CT molecular complexity index is 1640. The third kappa shape index (κ3) is 4.86. The second kappa shape index (κ2) is 10.3. The normalized spacial score (nSPS) is 11.8. The van der Waals surface area contributed by atoms with E-state index in [2.05, 4.69) is 22.4 Å². The Morgan fingerprint density at radius 2 is 1.57 bits per heavy atom. The molecule has 37 heavy (non-hydrogen) atoms. The second-order valence-electron chi connectivity index (χ2n) is 8.78. The van der Waals surface area contributed by atoms with Crippen molar-refractivity contribution >= 4 is 38.9 Å². The highest BCUT2D eigenvalue weighted by Gasteiger charge is 2.23. The molecule has 1 amide bonds. The van der Waals surface area contributed by atoms with Crippen LogP contribution in [0.3, 0.4) is 0 Å². The zero-order chi connectivity index (χ0) is 25.9. The highest BCUT2D eigenvalue weighted by Crippen LogP contribution is 2.32. The van der Waals surface area contributed by atoms with Crippen LogP contribution in [0.1, 0.15) is 36.7 Å². The van der Waals surface area contributed by atoms with E-state index in [9.17, 15) is 14.4 Å². The molecule has 2 aromatic heterocycles. The Labute approximate surface area is 218 Å². The van der Waals surface area contributed by atoms with Crippen LogP contribution >= 0.6 is 11.3 Å². The van der Waals surface area contributed by atoms with Gasteiger partial charge in [0.15, 0.2) is 5.78 Å². The van der Waals surface area contributed by atoms with Crippen molar-refractivity contribution in [2.45, 2.75) is 26.3 Å². The van der Waals surface area contributed by atoms with E-state index in [-0.39, 0.29) is 17.2 Å². The first-order chi connectivity index (χ1) is 18.0. The molecule has 0 fully saturated rings. The lowest BCUT2D eigenvalue weighted by atomic mass is 10.0. The molecule has 7 heteroatoms. The summed E-state index contributed by atoms with van der Waals surface area (Å²) >= 11 is 1.41. The van der Waals surface area contributed by atoms with E-state index in [0.717, 1.165) is 22.3 Å². The number of nitrogens with one attached hydrogen (secondary N) is 1. The molecule has 6 nitrogen and oxygen atoms in total. The standard InChI is InChI=1S/C30H25N3O3S/c1-3-26(28(35)32-24-15-13-20(14-16-24)19(2)34)33-18-31-29-27(30(33)36)25(17-37-29)23-11-9-22(10-12-23)21-7-5-4-6-8-21/h4-18,26H,3H2,1-2H3,(H,32,35). The van der Waals surface area contributed by atoms with Crippen LogP contribution in [-0.4, -0.2) is 21.2 Å². The van der Waals surface area contributed by atoms with Gasteiger partial charge in [0.2, 0.25) is 5.91 Å². The Balaban J connectivity index is 1.46. The maximum Gasteiger partial charge on any atom is 0.263 e. The molecule has 1 atom stereocenters. The molecule has 0 bridgehead atoms. The summed E-state index contributed by atoms with van der Waals surface area (Å²) in [5, 5.41) is 5.31. The molecule has 184 valence electrons. The van der Waals surface area contributed by atoms with Crippen LogP contribution in [0, 0.1) is 0 Å². The maximum absolute atomic E-state index is 13.7. The van der Waals surface area contributed by atoms with Gasteiger partial charge < -0.3 is 5.32 Å². The maximum atomic E-state index is 13.7. The number of aromatic nitrogens is 2. The molecule has 0 aliphatic rings. The molecular weight excluding hydrogens is 482 g/mol. The molecule has 0 spiro atoms. The fourth-order valence-corrected chi connectivity index (χ4v) is 5.28. The summed E-state index contributed by atoms with van der Waals surface area (Å²) < 4.78 is 1.41. The second-order valence-corrected chi connectivity index (χ2v) is 9.63. The number of Topliss-reactive ketones (excluding diaryl/α,β-unsaturated/α-hetero) is 1. The van der Waals surface area contributed by atoms with Crippen LogP contribution in [0.15, 0.2) is 95.4 Å². The summed E-state index contributed by atoms with van der Waals surface area (Å²) in [6, 6.07) is 24.2. The lowest BCUT2D eigenvalue weighted by molar-refractivity contribution is -0.119. The van der Waals surface area contributed by atoms with Gasteiger partial charge in [-0.05, 0) is 54.3 Å². The van der Waals surface area contributed by atoms with Gasteiger partial charge in [-0.25, -0.2) is 4.98 Å². The number of anilines is 1. The summed E-state index contributed by atoms with van der Waals surface area (Å²) in [6.45, 7) is 3.35. The summed E-state index contributed by atoms with van der Waals surface area (Å²) in [5.41, 5.74) is 4.83. The number of nitrogens with zero attached hydrogens (tertiary/aromatic N) is 2. The van der Waals surface area contributed by atoms with E-state index in [4.69, 9.17) is 0 Å². The molecule has 1 N–H and O–H groups in total. The van der Waals surface area contributed by atoms with E-state index >= 15 is 0 Å². The van der Waals surface area contributed by atoms with Crippen LogP contribution in [0.2, 0.25) is 0 Å². The summed E-state index contributed by atoms with van der Waals surface area (Å²) in [5.74, 6) is -0.359. The van der Waals surface area contributed by atoms with Crippen molar-refractivity contribution in [3.05, 3.63) is 106 Å². The minimum atomic E-state index is -0.731. The molecule has 0 saturated carbocycles. The van der Waals surface area contributed by atoms with Crippen molar-refractivity contribution < 1.29 is 9.59 Å². The monoisotopic (exact) mass is 507 g/mol. The number of rotatable bonds is 7. The van der Waals surface area contributed by atoms with Gasteiger partial charge in [0, 0.05) is 22.2 Å². The number of hydrogen-bond acceptors (Lipinski definition) is 5. The van der Waals surface area contributed by atoms with Crippen LogP contribution in [0.5, 0.6) is 0 Å². The number of hydrogen-bond donors (Lipinski definition) is 1. The van der Waals surface area contributed by atoms with E-state index in [1.807, 2.05) is 54.8 Å². The fraction of sp³-hybridized carbons (Fsp3) is 0.133. The fourth-order valence-electron chi connectivity index (χ4n) is 4.38. The Kier molecular flexibility index (Phi) is 6.79. The molecule has 0 aliphatic carbocycles. The van der Waals surface area contributed by atoms with Gasteiger partial charge in [-0.15, -0.1) is 11.3 Å². The quantitative estimate of drug-likeness (QED) is 0.252. The highest BCUT2D eigenvalue weighted by atomic mass is 32.1. The predicted molar refractivity (Wildman–Crippen MR) is 149 cm³/mol. The van der Waals surface area contributed by atoms with Crippen LogP contribution < -0.4 is 10.9 Å². The molecular formula is C30H25N3O3S.